The SMILES string of the molecule is COc1cc(OC)cc(Oc2ccc(CNCc3ccccc3CO)cc2)c1. The number of aliphatic hydroxyl groups excluding tert-OH is 1. The summed E-state index contributed by atoms with van der Waals surface area (Å²) < 4.78 is 16.4. The van der Waals surface area contributed by atoms with Gasteiger partial charge in [0.2, 0.25) is 0 Å². The molecule has 0 aliphatic rings. The molecular formula is C23H25NO4. The normalized spacial score (nSPS) is 10.5. The van der Waals surface area contributed by atoms with E-state index in [1.807, 2.05) is 60.7 Å². The first-order valence-electron chi connectivity index (χ1n) is 9.10. The molecule has 0 bridgehead atoms. The third-order valence-electron chi connectivity index (χ3n) is 4.42. The Morgan fingerprint density at radius 3 is 1.93 bits per heavy atom. The van der Waals surface area contributed by atoms with E-state index in [1.54, 1.807) is 20.3 Å². The molecule has 0 heterocycles. The summed E-state index contributed by atoms with van der Waals surface area (Å²) >= 11 is 0. The van der Waals surface area contributed by atoms with Gasteiger partial charge in [0.05, 0.1) is 20.8 Å². The molecule has 0 saturated carbocycles. The molecule has 0 aromatic heterocycles. The number of hydrogen-bond donors (Lipinski definition) is 2. The Bertz CT molecular complexity index is 871. The number of nitrogens with one attached hydrogen (secondary N) is 1. The second kappa shape index (κ2) is 9.78. The van der Waals surface area contributed by atoms with Gasteiger partial charge >= 0.3 is 0 Å². The third-order valence-corrected chi connectivity index (χ3v) is 4.42. The number of methoxy groups -OCH3 is 2. The smallest absolute Gasteiger partial charge is 0.134 e. The molecule has 0 unspecified atom stereocenters. The van der Waals surface area contributed by atoms with Crippen molar-refractivity contribution >= 4 is 0 Å². The molecule has 0 radical (unpaired) electrons. The van der Waals surface area contributed by atoms with Gasteiger partial charge in [0.1, 0.15) is 23.0 Å². The van der Waals surface area contributed by atoms with Crippen LogP contribution in [0.25, 0.3) is 0 Å². The van der Waals surface area contributed by atoms with Gasteiger partial charge in [-0.3, -0.25) is 0 Å². The van der Waals surface area contributed by atoms with Gasteiger partial charge in [-0.1, -0.05) is 36.4 Å². The van der Waals surface area contributed by atoms with E-state index >= 15 is 0 Å². The van der Waals surface area contributed by atoms with Crippen molar-refractivity contribution in [3.8, 4) is 23.0 Å². The summed E-state index contributed by atoms with van der Waals surface area (Å²) in [5.74, 6) is 2.75. The summed E-state index contributed by atoms with van der Waals surface area (Å²) in [6.07, 6.45) is 0. The van der Waals surface area contributed by atoms with Crippen molar-refractivity contribution < 1.29 is 19.3 Å². The van der Waals surface area contributed by atoms with Gasteiger partial charge in [0, 0.05) is 31.3 Å². The average molecular weight is 379 g/mol. The fraction of sp³-hybridized carbons (Fsp3) is 0.217. The lowest BCUT2D eigenvalue weighted by Gasteiger charge is -2.11. The highest BCUT2D eigenvalue weighted by Gasteiger charge is 2.05. The molecule has 2 N–H and O–H groups in total. The van der Waals surface area contributed by atoms with Crippen molar-refractivity contribution in [1.82, 2.24) is 5.32 Å². The quantitative estimate of drug-likeness (QED) is 0.581. The summed E-state index contributed by atoms with van der Waals surface area (Å²) in [5.41, 5.74) is 3.21. The molecule has 3 aromatic carbocycles. The van der Waals surface area contributed by atoms with E-state index in [9.17, 15) is 5.11 Å². The highest BCUT2D eigenvalue weighted by molar-refractivity contribution is 5.44. The van der Waals surface area contributed by atoms with E-state index in [-0.39, 0.29) is 6.61 Å². The van der Waals surface area contributed by atoms with Gasteiger partial charge in [-0.05, 0) is 28.8 Å². The zero-order valence-corrected chi connectivity index (χ0v) is 16.1. The summed E-state index contributed by atoms with van der Waals surface area (Å²) in [5, 5.41) is 12.8. The summed E-state index contributed by atoms with van der Waals surface area (Å²) in [6, 6.07) is 21.2. The molecule has 0 atom stereocenters. The minimum Gasteiger partial charge on any atom is -0.496 e. The van der Waals surface area contributed by atoms with Crippen molar-refractivity contribution in [3.63, 3.8) is 0 Å². The molecule has 3 aromatic rings. The van der Waals surface area contributed by atoms with Crippen LogP contribution in [-0.2, 0) is 19.7 Å². The molecule has 0 amide bonds. The van der Waals surface area contributed by atoms with Gasteiger partial charge in [0.25, 0.3) is 0 Å². The maximum absolute atomic E-state index is 9.39. The number of benzene rings is 3. The van der Waals surface area contributed by atoms with Crippen LogP contribution in [0, 0.1) is 0 Å². The zero-order valence-electron chi connectivity index (χ0n) is 16.1. The maximum atomic E-state index is 9.39. The fourth-order valence-electron chi connectivity index (χ4n) is 2.88. The Morgan fingerprint density at radius 2 is 1.32 bits per heavy atom. The standard InChI is InChI=1S/C23H25NO4/c1-26-21-11-22(27-2)13-23(12-21)28-20-9-7-17(8-10-20)14-24-15-18-5-3-4-6-19(18)16-25/h3-13,24-25H,14-16H2,1-2H3. The Labute approximate surface area is 165 Å². The molecule has 0 saturated heterocycles. The Balaban J connectivity index is 1.58. The van der Waals surface area contributed by atoms with Gasteiger partial charge in [-0.15, -0.1) is 0 Å². The molecular weight excluding hydrogens is 354 g/mol. The van der Waals surface area contributed by atoms with Crippen molar-refractivity contribution in [1.29, 1.82) is 0 Å². The Kier molecular flexibility index (Phi) is 6.89. The van der Waals surface area contributed by atoms with Gasteiger partial charge < -0.3 is 24.6 Å². The molecule has 28 heavy (non-hydrogen) atoms. The van der Waals surface area contributed by atoms with Crippen LogP contribution in [0.5, 0.6) is 23.0 Å². The van der Waals surface area contributed by atoms with Crippen LogP contribution in [0.15, 0.2) is 66.7 Å². The summed E-state index contributed by atoms with van der Waals surface area (Å²) in [6.45, 7) is 1.49. The predicted molar refractivity (Wildman–Crippen MR) is 109 cm³/mol. The van der Waals surface area contributed by atoms with Gasteiger partial charge in [-0.25, -0.2) is 0 Å². The van der Waals surface area contributed by atoms with Crippen molar-refractivity contribution in [2.75, 3.05) is 14.2 Å². The second-order valence-electron chi connectivity index (χ2n) is 6.32. The van der Waals surface area contributed by atoms with Crippen LogP contribution in [0.2, 0.25) is 0 Å². The third kappa shape index (κ3) is 5.25. The molecule has 0 aliphatic heterocycles. The van der Waals surface area contributed by atoms with Crippen LogP contribution < -0.4 is 19.5 Å². The largest absolute Gasteiger partial charge is 0.496 e. The molecule has 3 rings (SSSR count). The van der Waals surface area contributed by atoms with Crippen molar-refractivity contribution in [2.45, 2.75) is 19.7 Å². The Morgan fingerprint density at radius 1 is 0.714 bits per heavy atom. The van der Waals surface area contributed by atoms with E-state index in [0.717, 1.165) is 29.0 Å². The van der Waals surface area contributed by atoms with Gasteiger partial charge in [-0.2, -0.15) is 0 Å². The van der Waals surface area contributed by atoms with Crippen molar-refractivity contribution in [2.24, 2.45) is 0 Å². The van der Waals surface area contributed by atoms with E-state index in [0.29, 0.717) is 23.8 Å². The second-order valence-corrected chi connectivity index (χ2v) is 6.32. The lowest BCUT2D eigenvalue weighted by atomic mass is 10.1. The topological polar surface area (TPSA) is 60.0 Å². The molecule has 0 spiro atoms. The summed E-state index contributed by atoms with van der Waals surface area (Å²) in [7, 11) is 3.22. The number of hydrogen-bond acceptors (Lipinski definition) is 5. The van der Waals surface area contributed by atoms with Crippen LogP contribution in [-0.4, -0.2) is 19.3 Å². The maximum Gasteiger partial charge on any atom is 0.134 e. The summed E-state index contributed by atoms with van der Waals surface area (Å²) in [4.78, 5) is 0. The van der Waals surface area contributed by atoms with E-state index < -0.39 is 0 Å². The van der Waals surface area contributed by atoms with E-state index in [1.165, 1.54) is 0 Å². The minimum atomic E-state index is 0.0545. The Hall–Kier alpha value is -3.02. The van der Waals surface area contributed by atoms with Crippen molar-refractivity contribution in [3.05, 3.63) is 83.4 Å². The minimum absolute atomic E-state index is 0.0545. The van der Waals surface area contributed by atoms with Gasteiger partial charge in [0.15, 0.2) is 0 Å². The van der Waals surface area contributed by atoms with Crippen LogP contribution >= 0.6 is 0 Å². The van der Waals surface area contributed by atoms with Crippen LogP contribution in [0.3, 0.4) is 0 Å². The van der Waals surface area contributed by atoms with Crippen LogP contribution in [0.1, 0.15) is 16.7 Å². The van der Waals surface area contributed by atoms with E-state index in [2.05, 4.69) is 5.32 Å². The highest BCUT2D eigenvalue weighted by Crippen LogP contribution is 2.30. The number of aliphatic hydroxyl groups is 1. The zero-order chi connectivity index (χ0) is 19.8. The predicted octanol–water partition coefficient (Wildman–Crippen LogP) is 4.28. The lowest BCUT2D eigenvalue weighted by Crippen LogP contribution is -2.14. The molecule has 5 heteroatoms. The fourth-order valence-corrected chi connectivity index (χ4v) is 2.88. The van der Waals surface area contributed by atoms with Crippen LogP contribution in [0.4, 0.5) is 0 Å². The average Bonchev–Trinajstić information content (AvgIpc) is 2.75. The molecule has 146 valence electrons. The lowest BCUT2D eigenvalue weighted by molar-refractivity contribution is 0.280. The molecule has 5 nitrogen and oxygen atoms in total. The molecule has 0 aliphatic carbocycles. The first-order chi connectivity index (χ1) is 13.7. The number of ether oxygens (including phenoxy) is 3. The monoisotopic (exact) mass is 379 g/mol. The molecule has 0 fully saturated rings. The highest BCUT2D eigenvalue weighted by atomic mass is 16.5. The van der Waals surface area contributed by atoms with E-state index in [4.69, 9.17) is 14.2 Å². The number of rotatable bonds is 9. The first kappa shape index (κ1) is 19.7. The first-order valence-corrected chi connectivity index (χ1v) is 9.10.